The number of ether oxygens (including phenoxy) is 3. The fourth-order valence-corrected chi connectivity index (χ4v) is 2.50. The minimum atomic E-state index is -0.950. The molecule has 1 N–H and O–H groups in total. The third kappa shape index (κ3) is 4.46. The van der Waals surface area contributed by atoms with Crippen molar-refractivity contribution in [2.45, 2.75) is 32.9 Å². The molecule has 1 aromatic heterocycles. The zero-order valence-electron chi connectivity index (χ0n) is 15.3. The molecule has 0 fully saturated rings. The zero-order chi connectivity index (χ0) is 19.4. The Morgan fingerprint density at radius 1 is 1.22 bits per heavy atom. The summed E-state index contributed by atoms with van der Waals surface area (Å²) in [4.78, 5) is 24.2. The minimum Gasteiger partial charge on any atom is -0.454 e. The van der Waals surface area contributed by atoms with Gasteiger partial charge in [-0.25, -0.2) is 9.48 Å². The third-order valence-electron chi connectivity index (χ3n) is 3.88. The summed E-state index contributed by atoms with van der Waals surface area (Å²) in [6, 6.07) is 7.10. The van der Waals surface area contributed by atoms with Crippen LogP contribution in [0.2, 0.25) is 0 Å². The monoisotopic (exact) mass is 371 g/mol. The highest BCUT2D eigenvalue weighted by atomic mass is 16.7. The van der Waals surface area contributed by atoms with Crippen molar-refractivity contribution in [1.82, 2.24) is 9.78 Å². The van der Waals surface area contributed by atoms with Crippen LogP contribution in [0.1, 0.15) is 32.4 Å². The van der Waals surface area contributed by atoms with Gasteiger partial charge in [0.05, 0.1) is 6.20 Å². The van der Waals surface area contributed by atoms with Gasteiger partial charge < -0.3 is 19.5 Å². The predicted molar refractivity (Wildman–Crippen MR) is 98.4 cm³/mol. The maximum absolute atomic E-state index is 12.2. The molecule has 1 aromatic carbocycles. The molecule has 8 nitrogen and oxygen atoms in total. The van der Waals surface area contributed by atoms with Crippen LogP contribution in [-0.2, 0) is 14.3 Å². The lowest BCUT2D eigenvalue weighted by Gasteiger charge is -2.15. The van der Waals surface area contributed by atoms with E-state index in [1.54, 1.807) is 41.2 Å². The molecule has 0 unspecified atom stereocenters. The molecule has 1 atom stereocenters. The second kappa shape index (κ2) is 7.94. The summed E-state index contributed by atoms with van der Waals surface area (Å²) < 4.78 is 17.3. The van der Waals surface area contributed by atoms with E-state index in [2.05, 4.69) is 10.4 Å². The number of amides is 1. The van der Waals surface area contributed by atoms with Gasteiger partial charge in [0.25, 0.3) is 5.91 Å². The molecule has 142 valence electrons. The molecule has 0 bridgehead atoms. The van der Waals surface area contributed by atoms with Crippen molar-refractivity contribution < 1.29 is 23.8 Å². The van der Waals surface area contributed by atoms with Gasteiger partial charge >= 0.3 is 5.97 Å². The number of hydrogen-bond donors (Lipinski definition) is 1. The van der Waals surface area contributed by atoms with Crippen LogP contribution in [0.25, 0.3) is 6.08 Å². The van der Waals surface area contributed by atoms with Gasteiger partial charge in [-0.15, -0.1) is 0 Å². The number of esters is 1. The number of nitrogens with one attached hydrogen (secondary N) is 1. The smallest absolute Gasteiger partial charge is 0.331 e. The Kier molecular flexibility index (Phi) is 5.44. The van der Waals surface area contributed by atoms with E-state index in [0.29, 0.717) is 17.3 Å². The van der Waals surface area contributed by atoms with E-state index >= 15 is 0 Å². The first-order valence-corrected chi connectivity index (χ1v) is 8.57. The molecule has 0 spiro atoms. The maximum Gasteiger partial charge on any atom is 0.331 e. The molecule has 3 rings (SSSR count). The van der Waals surface area contributed by atoms with Crippen molar-refractivity contribution >= 4 is 23.8 Å². The molecule has 0 saturated carbocycles. The number of benzene rings is 1. The summed E-state index contributed by atoms with van der Waals surface area (Å²) in [5.41, 5.74) is 0.758. The first-order chi connectivity index (χ1) is 12.9. The number of hydrogen-bond acceptors (Lipinski definition) is 6. The Balaban J connectivity index is 1.55. The van der Waals surface area contributed by atoms with Crippen LogP contribution >= 0.6 is 0 Å². The number of anilines is 1. The zero-order valence-corrected chi connectivity index (χ0v) is 15.3. The number of carbonyl (C=O) groups is 2. The van der Waals surface area contributed by atoms with Gasteiger partial charge in [0.15, 0.2) is 17.6 Å². The third-order valence-corrected chi connectivity index (χ3v) is 3.88. The van der Waals surface area contributed by atoms with Gasteiger partial charge in [-0.3, -0.25) is 4.79 Å². The summed E-state index contributed by atoms with van der Waals surface area (Å²) in [5.74, 6) is 0.796. The minimum absolute atomic E-state index is 0.0952. The highest BCUT2D eigenvalue weighted by Gasteiger charge is 2.19. The molecule has 1 amide bonds. The lowest BCUT2D eigenvalue weighted by molar-refractivity contribution is -0.148. The molecule has 2 heterocycles. The molecule has 27 heavy (non-hydrogen) atoms. The summed E-state index contributed by atoms with van der Waals surface area (Å²) in [6.07, 6.45) is 3.50. The van der Waals surface area contributed by atoms with E-state index in [0.717, 1.165) is 5.56 Å². The standard InChI is InChI=1S/C19H21N3O5/c1-12(2)22-17(8-9-20-22)21-19(24)13(3)27-18(23)7-5-14-4-6-15-16(10-14)26-11-25-15/h4-10,12-13H,11H2,1-3H3,(H,21,24)/b7-5+/t13-/m0/s1. The molecule has 0 aliphatic carbocycles. The van der Waals surface area contributed by atoms with Crippen LogP contribution in [0.5, 0.6) is 11.5 Å². The molecular formula is C19H21N3O5. The van der Waals surface area contributed by atoms with Gasteiger partial charge in [0, 0.05) is 18.2 Å². The van der Waals surface area contributed by atoms with Crippen LogP contribution in [0.3, 0.4) is 0 Å². The number of fused-ring (bicyclic) bond motifs is 1. The highest BCUT2D eigenvalue weighted by molar-refractivity contribution is 5.96. The van der Waals surface area contributed by atoms with E-state index < -0.39 is 18.0 Å². The van der Waals surface area contributed by atoms with Gasteiger partial charge in [-0.05, 0) is 44.5 Å². The molecule has 0 saturated heterocycles. The number of rotatable bonds is 6. The van der Waals surface area contributed by atoms with E-state index in [1.807, 2.05) is 13.8 Å². The van der Waals surface area contributed by atoms with Gasteiger partial charge in [0.1, 0.15) is 5.82 Å². The Bertz CT molecular complexity index is 872. The largest absolute Gasteiger partial charge is 0.454 e. The van der Waals surface area contributed by atoms with E-state index in [9.17, 15) is 9.59 Å². The van der Waals surface area contributed by atoms with Crippen molar-refractivity contribution in [3.8, 4) is 11.5 Å². The molecule has 0 radical (unpaired) electrons. The molecular weight excluding hydrogens is 350 g/mol. The van der Waals surface area contributed by atoms with E-state index in [4.69, 9.17) is 14.2 Å². The lowest BCUT2D eigenvalue weighted by Crippen LogP contribution is -2.30. The first kappa shape index (κ1) is 18.5. The fraction of sp³-hybridized carbons (Fsp3) is 0.316. The van der Waals surface area contributed by atoms with E-state index in [-0.39, 0.29) is 12.8 Å². The number of aromatic nitrogens is 2. The van der Waals surface area contributed by atoms with Crippen LogP contribution in [0.4, 0.5) is 5.82 Å². The Morgan fingerprint density at radius 3 is 2.78 bits per heavy atom. The van der Waals surface area contributed by atoms with Crippen LogP contribution in [0, 0.1) is 0 Å². The second-order valence-electron chi connectivity index (χ2n) is 6.27. The van der Waals surface area contributed by atoms with Gasteiger partial charge in [0.2, 0.25) is 6.79 Å². The molecule has 2 aromatic rings. The second-order valence-corrected chi connectivity index (χ2v) is 6.27. The highest BCUT2D eigenvalue weighted by Crippen LogP contribution is 2.32. The SMILES string of the molecule is CC(C)n1nccc1NC(=O)[C@H](C)OC(=O)/C=C/c1ccc2c(c1)OCO2. The van der Waals surface area contributed by atoms with Crippen molar-refractivity contribution in [1.29, 1.82) is 0 Å². The average molecular weight is 371 g/mol. The Hall–Kier alpha value is -3.29. The van der Waals surface area contributed by atoms with Gasteiger partial charge in [-0.1, -0.05) is 6.07 Å². The van der Waals surface area contributed by atoms with Crippen molar-refractivity contribution in [3.05, 3.63) is 42.1 Å². The molecule has 8 heteroatoms. The predicted octanol–water partition coefficient (Wildman–Crippen LogP) is 2.78. The molecule has 1 aliphatic heterocycles. The summed E-state index contributed by atoms with van der Waals surface area (Å²) >= 11 is 0. The normalized spacial score (nSPS) is 13.8. The average Bonchev–Trinajstić information content (AvgIpc) is 3.28. The van der Waals surface area contributed by atoms with Crippen LogP contribution < -0.4 is 14.8 Å². The Morgan fingerprint density at radius 2 is 2.00 bits per heavy atom. The van der Waals surface area contributed by atoms with Gasteiger partial charge in [-0.2, -0.15) is 5.10 Å². The number of nitrogens with zero attached hydrogens (tertiary/aromatic N) is 2. The lowest BCUT2D eigenvalue weighted by atomic mass is 10.2. The maximum atomic E-state index is 12.2. The van der Waals surface area contributed by atoms with E-state index in [1.165, 1.54) is 13.0 Å². The summed E-state index contributed by atoms with van der Waals surface area (Å²) in [7, 11) is 0. The topological polar surface area (TPSA) is 91.7 Å². The van der Waals surface area contributed by atoms with Crippen LogP contribution in [-0.4, -0.2) is 34.6 Å². The summed E-state index contributed by atoms with van der Waals surface area (Å²) in [5, 5.41) is 6.85. The number of carbonyl (C=O) groups excluding carboxylic acids is 2. The van der Waals surface area contributed by atoms with Crippen LogP contribution in [0.15, 0.2) is 36.5 Å². The molecule has 1 aliphatic rings. The quantitative estimate of drug-likeness (QED) is 0.620. The Labute approximate surface area is 156 Å². The van der Waals surface area contributed by atoms with Crippen molar-refractivity contribution in [2.24, 2.45) is 0 Å². The fourth-order valence-electron chi connectivity index (χ4n) is 2.50. The summed E-state index contributed by atoms with van der Waals surface area (Å²) in [6.45, 7) is 5.60. The van der Waals surface area contributed by atoms with Crippen molar-refractivity contribution in [2.75, 3.05) is 12.1 Å². The first-order valence-electron chi connectivity index (χ1n) is 8.57. The van der Waals surface area contributed by atoms with Crippen molar-refractivity contribution in [3.63, 3.8) is 0 Å².